The molecule has 2 heterocycles. The topological polar surface area (TPSA) is 50.8 Å². The molecule has 0 spiro atoms. The molecule has 0 amide bonds. The van der Waals surface area contributed by atoms with Gasteiger partial charge in [0.05, 0.1) is 22.8 Å². The third-order valence-electron chi connectivity index (χ3n) is 2.48. The summed E-state index contributed by atoms with van der Waals surface area (Å²) in [5, 5.41) is 0. The van der Waals surface area contributed by atoms with Crippen molar-refractivity contribution < 1.29 is 4.74 Å². The van der Waals surface area contributed by atoms with Gasteiger partial charge in [-0.25, -0.2) is 4.98 Å². The average molecular weight is 205 g/mol. The number of aromatic nitrogens is 3. The van der Waals surface area contributed by atoms with Gasteiger partial charge in [0.15, 0.2) is 0 Å². The summed E-state index contributed by atoms with van der Waals surface area (Å²) in [5.41, 5.74) is 1.73. The third-order valence-corrected chi connectivity index (χ3v) is 2.48. The molecule has 0 atom stereocenters. The number of hydrogen-bond acceptors (Lipinski definition) is 3. The fourth-order valence-corrected chi connectivity index (χ4v) is 1.47. The second-order valence-electron chi connectivity index (χ2n) is 4.22. The Labute approximate surface area is 88.7 Å². The van der Waals surface area contributed by atoms with E-state index < -0.39 is 0 Å². The van der Waals surface area contributed by atoms with Gasteiger partial charge in [-0.3, -0.25) is 4.98 Å². The summed E-state index contributed by atoms with van der Waals surface area (Å²) in [6.07, 6.45) is 4.29. The van der Waals surface area contributed by atoms with Crippen molar-refractivity contribution in [2.24, 2.45) is 0 Å². The lowest BCUT2D eigenvalue weighted by atomic mass is 10.1. The van der Waals surface area contributed by atoms with Gasteiger partial charge in [-0.15, -0.1) is 0 Å². The van der Waals surface area contributed by atoms with E-state index in [1.54, 1.807) is 19.5 Å². The molecule has 0 aliphatic heterocycles. The van der Waals surface area contributed by atoms with E-state index in [0.717, 1.165) is 23.3 Å². The number of H-pyrrole nitrogens is 1. The first-order valence-electron chi connectivity index (χ1n) is 4.94. The van der Waals surface area contributed by atoms with Crippen LogP contribution in [-0.2, 0) is 11.2 Å². The molecular formula is C11H15N3O. The van der Waals surface area contributed by atoms with Crippen LogP contribution < -0.4 is 0 Å². The minimum Gasteiger partial charge on any atom is -0.378 e. The van der Waals surface area contributed by atoms with Crippen molar-refractivity contribution in [3.63, 3.8) is 0 Å². The maximum absolute atomic E-state index is 5.36. The van der Waals surface area contributed by atoms with Gasteiger partial charge < -0.3 is 9.72 Å². The van der Waals surface area contributed by atoms with Crippen molar-refractivity contribution in [2.45, 2.75) is 25.9 Å². The number of rotatable bonds is 3. The number of methoxy groups -OCH3 is 1. The highest BCUT2D eigenvalue weighted by atomic mass is 16.5. The summed E-state index contributed by atoms with van der Waals surface area (Å²) in [6, 6.07) is 1.90. The molecule has 2 aromatic heterocycles. The molecule has 0 aliphatic rings. The van der Waals surface area contributed by atoms with E-state index in [1.807, 2.05) is 19.9 Å². The highest BCUT2D eigenvalue weighted by Gasteiger charge is 2.19. The van der Waals surface area contributed by atoms with Crippen molar-refractivity contribution in [1.82, 2.24) is 15.0 Å². The summed E-state index contributed by atoms with van der Waals surface area (Å²) < 4.78 is 5.36. The SMILES string of the molecule is COC(C)(C)Cc1nc2ccncc2[nH]1. The van der Waals surface area contributed by atoms with Crippen LogP contribution in [0.4, 0.5) is 0 Å². The van der Waals surface area contributed by atoms with Crippen LogP contribution in [0.5, 0.6) is 0 Å². The Morgan fingerprint density at radius 3 is 2.93 bits per heavy atom. The molecule has 2 rings (SSSR count). The first-order valence-corrected chi connectivity index (χ1v) is 4.94. The van der Waals surface area contributed by atoms with Gasteiger partial charge in [-0.05, 0) is 19.9 Å². The van der Waals surface area contributed by atoms with Crippen LogP contribution >= 0.6 is 0 Å². The quantitative estimate of drug-likeness (QED) is 0.832. The molecule has 0 radical (unpaired) electrons. The highest BCUT2D eigenvalue weighted by molar-refractivity contribution is 5.73. The molecule has 0 saturated heterocycles. The van der Waals surface area contributed by atoms with Crippen LogP contribution in [0.2, 0.25) is 0 Å². The lowest BCUT2D eigenvalue weighted by molar-refractivity contribution is 0.0218. The Bertz CT molecular complexity index is 429. The first kappa shape index (κ1) is 10.1. The number of hydrogen-bond donors (Lipinski definition) is 1. The Morgan fingerprint density at radius 1 is 1.47 bits per heavy atom. The molecule has 0 bridgehead atoms. The Kier molecular flexibility index (Phi) is 2.44. The van der Waals surface area contributed by atoms with Gasteiger partial charge in [-0.1, -0.05) is 0 Å². The molecule has 80 valence electrons. The van der Waals surface area contributed by atoms with E-state index >= 15 is 0 Å². The molecule has 2 aromatic rings. The van der Waals surface area contributed by atoms with Crippen molar-refractivity contribution in [3.8, 4) is 0 Å². The Morgan fingerprint density at radius 2 is 2.27 bits per heavy atom. The van der Waals surface area contributed by atoms with Crippen molar-refractivity contribution in [1.29, 1.82) is 0 Å². The summed E-state index contributed by atoms with van der Waals surface area (Å²) in [4.78, 5) is 11.7. The highest BCUT2D eigenvalue weighted by Crippen LogP contribution is 2.16. The van der Waals surface area contributed by atoms with Gasteiger partial charge in [-0.2, -0.15) is 0 Å². The predicted octanol–water partition coefficient (Wildman–Crippen LogP) is 1.93. The molecule has 0 saturated carbocycles. The number of aromatic amines is 1. The van der Waals surface area contributed by atoms with Crippen LogP contribution in [0, 0.1) is 0 Å². The van der Waals surface area contributed by atoms with E-state index in [4.69, 9.17) is 4.74 Å². The van der Waals surface area contributed by atoms with Gasteiger partial charge in [0.25, 0.3) is 0 Å². The van der Waals surface area contributed by atoms with E-state index in [1.165, 1.54) is 0 Å². The molecule has 4 nitrogen and oxygen atoms in total. The van der Waals surface area contributed by atoms with E-state index in [0.29, 0.717) is 0 Å². The Balaban J connectivity index is 2.30. The molecule has 4 heteroatoms. The van der Waals surface area contributed by atoms with E-state index in [-0.39, 0.29) is 5.60 Å². The molecular weight excluding hydrogens is 190 g/mol. The van der Waals surface area contributed by atoms with Gasteiger partial charge >= 0.3 is 0 Å². The average Bonchev–Trinajstić information content (AvgIpc) is 2.58. The zero-order valence-corrected chi connectivity index (χ0v) is 9.24. The lowest BCUT2D eigenvalue weighted by Crippen LogP contribution is -2.26. The zero-order chi connectivity index (χ0) is 10.9. The molecule has 1 N–H and O–H groups in total. The van der Waals surface area contributed by atoms with Crippen molar-refractivity contribution >= 4 is 11.0 Å². The number of pyridine rings is 1. The number of fused-ring (bicyclic) bond motifs is 1. The largest absolute Gasteiger partial charge is 0.378 e. The third kappa shape index (κ3) is 2.15. The second kappa shape index (κ2) is 3.62. The summed E-state index contributed by atoms with van der Waals surface area (Å²) in [6.45, 7) is 4.08. The van der Waals surface area contributed by atoms with E-state index in [2.05, 4.69) is 15.0 Å². The minimum atomic E-state index is -0.193. The van der Waals surface area contributed by atoms with Crippen LogP contribution in [0.25, 0.3) is 11.0 Å². The fourth-order valence-electron chi connectivity index (χ4n) is 1.47. The summed E-state index contributed by atoms with van der Waals surface area (Å²) in [7, 11) is 1.71. The Hall–Kier alpha value is -1.42. The second-order valence-corrected chi connectivity index (χ2v) is 4.22. The number of nitrogens with zero attached hydrogens (tertiary/aromatic N) is 2. The maximum Gasteiger partial charge on any atom is 0.110 e. The van der Waals surface area contributed by atoms with Crippen LogP contribution in [0.1, 0.15) is 19.7 Å². The van der Waals surface area contributed by atoms with Gasteiger partial charge in [0.1, 0.15) is 5.82 Å². The van der Waals surface area contributed by atoms with Crippen molar-refractivity contribution in [2.75, 3.05) is 7.11 Å². The smallest absolute Gasteiger partial charge is 0.110 e. The van der Waals surface area contributed by atoms with Crippen LogP contribution in [0.3, 0.4) is 0 Å². The summed E-state index contributed by atoms with van der Waals surface area (Å²) in [5.74, 6) is 0.935. The van der Waals surface area contributed by atoms with Gasteiger partial charge in [0, 0.05) is 19.7 Å². The predicted molar refractivity (Wildman–Crippen MR) is 58.7 cm³/mol. The monoisotopic (exact) mass is 205 g/mol. The van der Waals surface area contributed by atoms with Crippen molar-refractivity contribution in [3.05, 3.63) is 24.3 Å². The minimum absolute atomic E-state index is 0.193. The van der Waals surface area contributed by atoms with Gasteiger partial charge in [0.2, 0.25) is 0 Å². The lowest BCUT2D eigenvalue weighted by Gasteiger charge is -2.21. The molecule has 0 unspecified atom stereocenters. The molecule has 0 fully saturated rings. The van der Waals surface area contributed by atoms with Crippen LogP contribution in [0.15, 0.2) is 18.5 Å². The molecule has 0 aromatic carbocycles. The number of ether oxygens (including phenoxy) is 1. The summed E-state index contributed by atoms with van der Waals surface area (Å²) >= 11 is 0. The standard InChI is InChI=1S/C11H15N3O/c1-11(2,15-3)6-10-13-8-4-5-12-7-9(8)14-10/h4-5,7H,6H2,1-3H3,(H,13,14). The fraction of sp³-hybridized carbons (Fsp3) is 0.455. The number of imidazole rings is 1. The van der Waals surface area contributed by atoms with E-state index in [9.17, 15) is 0 Å². The number of nitrogens with one attached hydrogen (secondary N) is 1. The molecule has 15 heavy (non-hydrogen) atoms. The first-order chi connectivity index (χ1) is 7.11. The normalized spacial score (nSPS) is 12.2. The molecule has 0 aliphatic carbocycles. The zero-order valence-electron chi connectivity index (χ0n) is 9.24. The maximum atomic E-state index is 5.36. The van der Waals surface area contributed by atoms with Crippen LogP contribution in [-0.4, -0.2) is 27.7 Å².